The van der Waals surface area contributed by atoms with Gasteiger partial charge in [-0.1, -0.05) is 42.5 Å². The predicted molar refractivity (Wildman–Crippen MR) is 130 cm³/mol. The van der Waals surface area contributed by atoms with Gasteiger partial charge in [-0.25, -0.2) is 0 Å². The summed E-state index contributed by atoms with van der Waals surface area (Å²) in [6.45, 7) is 2.15. The number of hydrogen-bond acceptors (Lipinski definition) is 4. The molecule has 1 aliphatic heterocycles. The maximum Gasteiger partial charge on any atom is 0.264 e. The van der Waals surface area contributed by atoms with Gasteiger partial charge in [-0.15, -0.1) is 0 Å². The molecule has 2 amide bonds. The van der Waals surface area contributed by atoms with E-state index < -0.39 is 6.10 Å². The summed E-state index contributed by atoms with van der Waals surface area (Å²) >= 11 is 0. The van der Waals surface area contributed by atoms with Crippen LogP contribution in [0.3, 0.4) is 0 Å². The molecule has 174 valence electrons. The van der Waals surface area contributed by atoms with E-state index in [0.717, 1.165) is 24.8 Å². The second-order valence-corrected chi connectivity index (χ2v) is 8.81. The molecule has 2 aliphatic rings. The smallest absolute Gasteiger partial charge is 0.264 e. The van der Waals surface area contributed by atoms with Crippen molar-refractivity contribution in [2.75, 3.05) is 11.9 Å². The first-order chi connectivity index (χ1) is 16.6. The number of rotatable bonds is 5. The molecule has 2 atom stereocenters. The van der Waals surface area contributed by atoms with Crippen molar-refractivity contribution in [1.29, 1.82) is 0 Å². The zero-order valence-electron chi connectivity index (χ0n) is 19.2. The molecule has 3 aromatic rings. The summed E-state index contributed by atoms with van der Waals surface area (Å²) in [6, 6.07) is 23.1. The molecule has 0 saturated carbocycles. The van der Waals surface area contributed by atoms with Crippen LogP contribution in [0.2, 0.25) is 0 Å². The van der Waals surface area contributed by atoms with Crippen LogP contribution in [0, 0.1) is 0 Å². The average Bonchev–Trinajstić information content (AvgIpc) is 2.99. The van der Waals surface area contributed by atoms with Crippen molar-refractivity contribution in [3.8, 4) is 11.5 Å². The molecule has 1 heterocycles. The number of fused-ring (bicyclic) bond motifs is 2. The summed E-state index contributed by atoms with van der Waals surface area (Å²) in [5, 5.41) is 2.89. The number of hydrogen-bond donors (Lipinski definition) is 1. The van der Waals surface area contributed by atoms with Gasteiger partial charge >= 0.3 is 0 Å². The lowest BCUT2D eigenvalue weighted by atomic mass is 9.86. The standard InChI is InChI=1S/C28H28N2O4/c1-19-28(32)30(25-13-7-9-20-8-5-6-12-24(20)25)17-21-16-22(14-15-26(21)34-19)29-27(31)18-33-23-10-3-2-4-11-23/h2-6,8,10-12,14-16,19,25H,7,9,13,17-18H2,1H3,(H,29,31). The zero-order chi connectivity index (χ0) is 23.5. The van der Waals surface area contributed by atoms with Gasteiger partial charge in [-0.3, -0.25) is 9.59 Å². The monoisotopic (exact) mass is 456 g/mol. The first kappa shape index (κ1) is 22.0. The molecule has 34 heavy (non-hydrogen) atoms. The molecule has 0 saturated heterocycles. The Hall–Kier alpha value is -3.80. The quantitative estimate of drug-likeness (QED) is 0.594. The van der Waals surface area contributed by atoms with Crippen molar-refractivity contribution < 1.29 is 19.1 Å². The van der Waals surface area contributed by atoms with Crippen LogP contribution >= 0.6 is 0 Å². The Labute approximate surface area is 199 Å². The Morgan fingerprint density at radius 1 is 1.06 bits per heavy atom. The summed E-state index contributed by atoms with van der Waals surface area (Å²) in [5.74, 6) is 1.05. The van der Waals surface area contributed by atoms with Crippen LogP contribution in [0.1, 0.15) is 42.5 Å². The maximum absolute atomic E-state index is 13.3. The van der Waals surface area contributed by atoms with Crippen molar-refractivity contribution in [2.24, 2.45) is 0 Å². The van der Waals surface area contributed by atoms with E-state index in [0.29, 0.717) is 23.7 Å². The van der Waals surface area contributed by atoms with Gasteiger partial charge in [-0.2, -0.15) is 0 Å². The highest BCUT2D eigenvalue weighted by atomic mass is 16.5. The van der Waals surface area contributed by atoms with E-state index in [1.807, 2.05) is 53.4 Å². The second-order valence-electron chi connectivity index (χ2n) is 8.81. The molecule has 6 nitrogen and oxygen atoms in total. The fourth-order valence-electron chi connectivity index (χ4n) is 4.81. The van der Waals surface area contributed by atoms with Crippen LogP contribution in [0.5, 0.6) is 11.5 Å². The molecule has 0 spiro atoms. The van der Waals surface area contributed by atoms with Gasteiger partial charge in [0.1, 0.15) is 11.5 Å². The van der Waals surface area contributed by atoms with Gasteiger partial charge in [0, 0.05) is 11.3 Å². The van der Waals surface area contributed by atoms with Crippen molar-refractivity contribution in [2.45, 2.75) is 44.9 Å². The fourth-order valence-corrected chi connectivity index (χ4v) is 4.81. The van der Waals surface area contributed by atoms with Gasteiger partial charge in [0.2, 0.25) is 0 Å². The van der Waals surface area contributed by atoms with Crippen LogP contribution in [0.4, 0.5) is 5.69 Å². The first-order valence-corrected chi connectivity index (χ1v) is 11.7. The Balaban J connectivity index is 1.35. The SMILES string of the molecule is CC1Oc2ccc(NC(=O)COc3ccccc3)cc2CN(C2CCCc3ccccc32)C1=O. The Kier molecular flexibility index (Phi) is 6.21. The summed E-state index contributed by atoms with van der Waals surface area (Å²) in [5.41, 5.74) is 4.06. The van der Waals surface area contributed by atoms with E-state index in [4.69, 9.17) is 9.47 Å². The molecule has 0 fully saturated rings. The van der Waals surface area contributed by atoms with Crippen LogP contribution in [-0.4, -0.2) is 29.4 Å². The number of carbonyl (C=O) groups is 2. The van der Waals surface area contributed by atoms with Gasteiger partial charge in [0.25, 0.3) is 11.8 Å². The minimum Gasteiger partial charge on any atom is -0.484 e. The molecule has 0 radical (unpaired) electrons. The highest BCUT2D eigenvalue weighted by Gasteiger charge is 2.35. The molecule has 1 aliphatic carbocycles. The van der Waals surface area contributed by atoms with Crippen LogP contribution < -0.4 is 14.8 Å². The fraction of sp³-hybridized carbons (Fsp3) is 0.286. The molecule has 5 rings (SSSR count). The summed E-state index contributed by atoms with van der Waals surface area (Å²) in [6.07, 6.45) is 2.44. The Morgan fingerprint density at radius 2 is 1.85 bits per heavy atom. The molecular formula is C28H28N2O4. The predicted octanol–water partition coefficient (Wildman–Crippen LogP) is 4.89. The number of benzene rings is 3. The largest absolute Gasteiger partial charge is 0.484 e. The van der Waals surface area contributed by atoms with E-state index >= 15 is 0 Å². The first-order valence-electron chi connectivity index (χ1n) is 11.7. The molecule has 0 bridgehead atoms. The van der Waals surface area contributed by atoms with E-state index in [1.54, 1.807) is 13.0 Å². The average molecular weight is 457 g/mol. The Morgan fingerprint density at radius 3 is 2.71 bits per heavy atom. The number of nitrogens with zero attached hydrogens (tertiary/aromatic N) is 1. The molecule has 3 aromatic carbocycles. The third-order valence-corrected chi connectivity index (χ3v) is 6.45. The van der Waals surface area contributed by atoms with Gasteiger partial charge in [0.15, 0.2) is 12.7 Å². The minimum atomic E-state index is -0.574. The second kappa shape index (κ2) is 9.59. The van der Waals surface area contributed by atoms with E-state index in [1.165, 1.54) is 11.1 Å². The van der Waals surface area contributed by atoms with Crippen molar-refractivity contribution in [1.82, 2.24) is 4.90 Å². The topological polar surface area (TPSA) is 67.9 Å². The highest BCUT2D eigenvalue weighted by molar-refractivity contribution is 5.92. The molecule has 1 N–H and O–H groups in total. The highest BCUT2D eigenvalue weighted by Crippen LogP contribution is 2.38. The van der Waals surface area contributed by atoms with Crippen LogP contribution in [-0.2, 0) is 22.6 Å². The number of amides is 2. The van der Waals surface area contributed by atoms with Crippen molar-refractivity contribution >= 4 is 17.5 Å². The normalized spacial score (nSPS) is 19.3. The van der Waals surface area contributed by atoms with Crippen molar-refractivity contribution in [3.63, 3.8) is 0 Å². The lowest BCUT2D eigenvalue weighted by molar-refractivity contribution is -0.140. The van der Waals surface area contributed by atoms with E-state index in [9.17, 15) is 9.59 Å². The van der Waals surface area contributed by atoms with Gasteiger partial charge < -0.3 is 19.7 Å². The van der Waals surface area contributed by atoms with Gasteiger partial charge in [-0.05, 0) is 67.6 Å². The third-order valence-electron chi connectivity index (χ3n) is 6.45. The van der Waals surface area contributed by atoms with Crippen molar-refractivity contribution in [3.05, 3.63) is 89.5 Å². The van der Waals surface area contributed by atoms with Crippen LogP contribution in [0.25, 0.3) is 0 Å². The minimum absolute atomic E-state index is 0.0141. The number of aryl methyl sites for hydroxylation is 1. The van der Waals surface area contributed by atoms with Gasteiger partial charge in [0.05, 0.1) is 12.6 Å². The third kappa shape index (κ3) is 4.62. The van der Waals surface area contributed by atoms with Crippen LogP contribution in [0.15, 0.2) is 72.8 Å². The summed E-state index contributed by atoms with van der Waals surface area (Å²) in [4.78, 5) is 27.7. The summed E-state index contributed by atoms with van der Waals surface area (Å²) in [7, 11) is 0. The number of nitrogens with one attached hydrogen (secondary N) is 1. The molecule has 2 unspecified atom stereocenters. The lowest BCUT2D eigenvalue weighted by Crippen LogP contribution is -2.41. The molecule has 0 aromatic heterocycles. The van der Waals surface area contributed by atoms with E-state index in [-0.39, 0.29) is 24.5 Å². The summed E-state index contributed by atoms with van der Waals surface area (Å²) < 4.78 is 11.6. The zero-order valence-corrected chi connectivity index (χ0v) is 19.2. The number of ether oxygens (including phenoxy) is 2. The van der Waals surface area contributed by atoms with E-state index in [2.05, 4.69) is 23.5 Å². The Bertz CT molecular complexity index is 1190. The number of carbonyl (C=O) groups excluding carboxylic acids is 2. The number of anilines is 1. The number of para-hydroxylation sites is 1. The molecular weight excluding hydrogens is 428 g/mol. The maximum atomic E-state index is 13.3. The molecule has 6 heteroatoms. The lowest BCUT2D eigenvalue weighted by Gasteiger charge is -2.35.